The van der Waals surface area contributed by atoms with Crippen LogP contribution in [0.15, 0.2) is 11.0 Å². The molecule has 0 amide bonds. The molecule has 0 bridgehead atoms. The molecule has 0 aliphatic carbocycles. The Kier molecular flexibility index (Phi) is 4.21. The van der Waals surface area contributed by atoms with Gasteiger partial charge in [0.1, 0.15) is 24.3 Å². The van der Waals surface area contributed by atoms with E-state index in [0.29, 0.717) is 0 Å². The summed E-state index contributed by atoms with van der Waals surface area (Å²) < 4.78 is 33.2. The number of hydrogen-bond donors (Lipinski definition) is 5. The van der Waals surface area contributed by atoms with Gasteiger partial charge < -0.3 is 26.4 Å². The van der Waals surface area contributed by atoms with Crippen LogP contribution in [0.2, 0.25) is 0 Å². The number of alkyl halides is 1. The van der Waals surface area contributed by atoms with E-state index in [1.165, 1.54) is 0 Å². The number of aliphatic hydroxyl groups is 2. The Labute approximate surface area is 139 Å². The van der Waals surface area contributed by atoms with Gasteiger partial charge in [-0.05, 0) is 0 Å². The molecule has 134 valence electrons. The van der Waals surface area contributed by atoms with Crippen LogP contribution >= 0.6 is 0 Å². The fourth-order valence-electron chi connectivity index (χ4n) is 2.87. The highest BCUT2D eigenvalue weighted by atomic mass is 19.1. The molecule has 7 N–H and O–H groups in total. The van der Waals surface area contributed by atoms with Crippen molar-refractivity contribution in [2.75, 3.05) is 19.0 Å². The van der Waals surface area contributed by atoms with Crippen molar-refractivity contribution in [3.8, 4) is 11.8 Å². The van der Waals surface area contributed by atoms with Crippen LogP contribution in [0.3, 0.4) is 0 Å². The molecule has 1 aliphatic heterocycles. The number of ether oxygens (including phenoxy) is 1. The van der Waals surface area contributed by atoms with Crippen molar-refractivity contribution in [2.45, 2.75) is 24.0 Å². The molecule has 2 aromatic heterocycles. The fraction of sp³-hybridized carbons (Fsp3) is 0.429. The first-order chi connectivity index (χ1) is 11.8. The summed E-state index contributed by atoms with van der Waals surface area (Å²) in [6.45, 7) is -1.64. The van der Waals surface area contributed by atoms with Gasteiger partial charge >= 0.3 is 0 Å². The lowest BCUT2D eigenvalue weighted by Gasteiger charge is -2.28. The van der Waals surface area contributed by atoms with Crippen LogP contribution in [0.1, 0.15) is 6.23 Å². The van der Waals surface area contributed by atoms with Crippen molar-refractivity contribution in [1.82, 2.24) is 14.5 Å². The molecule has 0 saturated carbocycles. The first-order valence-electron chi connectivity index (χ1n) is 7.18. The van der Waals surface area contributed by atoms with Gasteiger partial charge in [-0.25, -0.2) is 8.78 Å². The first-order valence-corrected chi connectivity index (χ1v) is 7.18. The van der Waals surface area contributed by atoms with E-state index in [4.69, 9.17) is 16.2 Å². The number of aliphatic hydroxyl groups excluding tert-OH is 2. The van der Waals surface area contributed by atoms with E-state index in [-0.39, 0.29) is 17.0 Å². The molecule has 1 aliphatic rings. The molecule has 11 heteroatoms. The maximum atomic E-state index is 14.2. The Morgan fingerprint density at radius 1 is 1.56 bits per heavy atom. The van der Waals surface area contributed by atoms with Crippen LogP contribution in [0.4, 0.5) is 14.7 Å². The van der Waals surface area contributed by atoms with E-state index in [9.17, 15) is 23.8 Å². The van der Waals surface area contributed by atoms with Crippen LogP contribution in [0, 0.1) is 17.7 Å². The lowest BCUT2D eigenvalue weighted by molar-refractivity contribution is -0.0446. The Balaban J connectivity index is 2.23. The molecule has 4 atom stereocenters. The van der Waals surface area contributed by atoms with E-state index < -0.39 is 48.6 Å². The molecule has 25 heavy (non-hydrogen) atoms. The number of nitrogens with one attached hydrogen (secondary N) is 1. The smallest absolute Gasteiger partial charge is 0.264 e. The van der Waals surface area contributed by atoms with Crippen LogP contribution < -0.4 is 17.0 Å². The predicted octanol–water partition coefficient (Wildman–Crippen LogP) is -1.63. The summed E-state index contributed by atoms with van der Waals surface area (Å²) in [6.07, 6.45) is -3.10. The minimum atomic E-state index is -1.88. The highest BCUT2D eigenvalue weighted by Crippen LogP contribution is 2.38. The summed E-state index contributed by atoms with van der Waals surface area (Å²) in [7, 11) is 0. The molecule has 0 aromatic carbocycles. The maximum absolute atomic E-state index is 14.2. The van der Waals surface area contributed by atoms with Crippen molar-refractivity contribution in [3.05, 3.63) is 22.4 Å². The second-order valence-corrected chi connectivity index (χ2v) is 5.56. The minimum Gasteiger partial charge on any atom is -0.394 e. The molecule has 1 fully saturated rings. The number of nitrogen functional groups attached to an aromatic ring is 1. The van der Waals surface area contributed by atoms with E-state index >= 15 is 0 Å². The van der Waals surface area contributed by atoms with Crippen LogP contribution in [0.25, 0.3) is 11.0 Å². The molecule has 2 aromatic rings. The van der Waals surface area contributed by atoms with Gasteiger partial charge in [-0.3, -0.25) is 14.3 Å². The number of H-pyrrole nitrogens is 1. The molecule has 9 nitrogen and oxygen atoms in total. The average Bonchev–Trinajstić information content (AvgIpc) is 3.01. The third-order valence-corrected chi connectivity index (χ3v) is 4.01. The van der Waals surface area contributed by atoms with E-state index in [1.54, 1.807) is 0 Å². The Hall–Kier alpha value is -2.52. The van der Waals surface area contributed by atoms with Gasteiger partial charge in [0, 0.05) is 6.20 Å². The largest absolute Gasteiger partial charge is 0.394 e. The predicted molar refractivity (Wildman–Crippen MR) is 82.4 cm³/mol. The molecule has 3 heterocycles. The molecule has 1 saturated heterocycles. The minimum absolute atomic E-state index is 0.189. The average molecular weight is 355 g/mol. The van der Waals surface area contributed by atoms with Crippen molar-refractivity contribution >= 4 is 17.0 Å². The Bertz CT molecular complexity index is 933. The number of aromatic nitrogens is 3. The van der Waals surface area contributed by atoms with E-state index in [2.05, 4.69) is 21.8 Å². The highest BCUT2D eigenvalue weighted by Gasteiger charge is 2.54. The zero-order chi connectivity index (χ0) is 18.4. The molecule has 0 radical (unpaired) electrons. The molecule has 3 rings (SSSR count). The summed E-state index contributed by atoms with van der Waals surface area (Å²) in [6, 6.07) is 0. The Morgan fingerprint density at radius 3 is 2.92 bits per heavy atom. The molecular formula is C14H15F2N5O4. The number of hydrogen-bond acceptors (Lipinski definition) is 7. The summed E-state index contributed by atoms with van der Waals surface area (Å²) >= 11 is 0. The first kappa shape index (κ1) is 17.3. The number of anilines is 1. The van der Waals surface area contributed by atoms with Gasteiger partial charge in [-0.2, -0.15) is 4.98 Å². The van der Waals surface area contributed by atoms with Crippen LogP contribution in [-0.4, -0.2) is 55.8 Å². The number of rotatable bonds is 2. The maximum Gasteiger partial charge on any atom is 0.264 e. The van der Waals surface area contributed by atoms with Gasteiger partial charge in [0.2, 0.25) is 5.95 Å². The number of halogens is 2. The van der Waals surface area contributed by atoms with Crippen molar-refractivity contribution < 1.29 is 23.7 Å². The number of aromatic amines is 1. The summed E-state index contributed by atoms with van der Waals surface area (Å²) in [5.74, 6) is 3.26. The molecule has 0 spiro atoms. The number of fused-ring (bicyclic) bond motifs is 1. The summed E-state index contributed by atoms with van der Waals surface area (Å²) in [5, 5.41) is 19.2. The topological polar surface area (TPSA) is 152 Å². The normalized spacial score (nSPS) is 28.9. The second kappa shape index (κ2) is 6.08. The van der Waals surface area contributed by atoms with Crippen molar-refractivity contribution in [1.29, 1.82) is 0 Å². The lowest BCUT2D eigenvalue weighted by atomic mass is 9.91. The van der Waals surface area contributed by atoms with Gasteiger partial charge in [-0.15, -0.1) is 0 Å². The Morgan fingerprint density at radius 2 is 2.28 bits per heavy atom. The molecule has 1 unspecified atom stereocenters. The standard InChI is InChI=1S/C14H15F2N5O4/c15-3-1-2-14(18)9(23)7(5-22)25-12(14)21-4-6(16)8-10(21)19-13(17)20-11(8)24/h4,7,9,12,22-23H,3,5,18H2,(H3,17,19,20,24)/t7-,9+,12-,14?/m1/s1. The summed E-state index contributed by atoms with van der Waals surface area (Å²) in [5.41, 5.74) is 8.70. The zero-order valence-corrected chi connectivity index (χ0v) is 12.7. The molecular weight excluding hydrogens is 340 g/mol. The van der Waals surface area contributed by atoms with Crippen molar-refractivity contribution in [2.24, 2.45) is 5.73 Å². The quantitative estimate of drug-likeness (QED) is 0.405. The highest BCUT2D eigenvalue weighted by molar-refractivity contribution is 5.77. The van der Waals surface area contributed by atoms with Gasteiger partial charge in [-0.1, -0.05) is 11.8 Å². The third-order valence-electron chi connectivity index (χ3n) is 4.01. The monoisotopic (exact) mass is 355 g/mol. The van der Waals surface area contributed by atoms with Gasteiger partial charge in [0.15, 0.2) is 23.2 Å². The number of nitrogens with zero attached hydrogens (tertiary/aromatic N) is 2. The van der Waals surface area contributed by atoms with E-state index in [1.807, 2.05) is 0 Å². The summed E-state index contributed by atoms with van der Waals surface area (Å²) in [4.78, 5) is 17.9. The van der Waals surface area contributed by atoms with Crippen LogP contribution in [0.5, 0.6) is 0 Å². The van der Waals surface area contributed by atoms with Crippen molar-refractivity contribution in [3.63, 3.8) is 0 Å². The third kappa shape index (κ3) is 2.56. The van der Waals surface area contributed by atoms with Gasteiger partial charge in [0.05, 0.1) is 6.61 Å². The lowest BCUT2D eigenvalue weighted by Crippen LogP contribution is -2.53. The zero-order valence-electron chi connectivity index (χ0n) is 12.7. The SMILES string of the molecule is Nc1nc2c(c(F)cn2[C@@H]2O[C@H](CO)[C@H](O)C2(N)C#CCF)c(=O)[nH]1. The second-order valence-electron chi connectivity index (χ2n) is 5.56. The van der Waals surface area contributed by atoms with E-state index in [0.717, 1.165) is 10.8 Å². The van der Waals surface area contributed by atoms with Gasteiger partial charge in [0.25, 0.3) is 5.56 Å². The number of nitrogens with two attached hydrogens (primary N) is 2. The fourth-order valence-corrected chi connectivity index (χ4v) is 2.87. The van der Waals surface area contributed by atoms with Crippen LogP contribution in [-0.2, 0) is 4.74 Å².